The van der Waals surface area contributed by atoms with Crippen LogP contribution in [0.1, 0.15) is 24.0 Å². The number of alkyl halides is 3. The molecule has 0 aliphatic carbocycles. The zero-order valence-electron chi connectivity index (χ0n) is 16.2. The van der Waals surface area contributed by atoms with Gasteiger partial charge in [-0.05, 0) is 47.7 Å². The summed E-state index contributed by atoms with van der Waals surface area (Å²) in [5.74, 6) is 1.68. The summed E-state index contributed by atoms with van der Waals surface area (Å²) in [5, 5.41) is 0. The number of methoxy groups -OCH3 is 3. The van der Waals surface area contributed by atoms with E-state index in [4.69, 9.17) is 24.7 Å². The summed E-state index contributed by atoms with van der Waals surface area (Å²) in [4.78, 5) is 0. The highest BCUT2D eigenvalue weighted by Crippen LogP contribution is 2.39. The fourth-order valence-corrected chi connectivity index (χ4v) is 2.89. The summed E-state index contributed by atoms with van der Waals surface area (Å²) in [6.45, 7) is 0.617. The zero-order valence-corrected chi connectivity index (χ0v) is 16.2. The molecule has 0 saturated carbocycles. The highest BCUT2D eigenvalue weighted by molar-refractivity contribution is 5.56. The summed E-state index contributed by atoms with van der Waals surface area (Å²) in [6, 6.07) is 8.53. The van der Waals surface area contributed by atoms with Gasteiger partial charge in [-0.15, -0.1) is 0 Å². The van der Waals surface area contributed by atoms with Crippen LogP contribution in [0.5, 0.6) is 23.0 Å². The summed E-state index contributed by atoms with van der Waals surface area (Å²) >= 11 is 0. The van der Waals surface area contributed by atoms with Gasteiger partial charge >= 0.3 is 6.18 Å². The van der Waals surface area contributed by atoms with Crippen LogP contribution >= 0.6 is 0 Å². The van der Waals surface area contributed by atoms with Gasteiger partial charge < -0.3 is 24.7 Å². The molecular weight excluding hydrogens is 375 g/mol. The molecule has 2 rings (SSSR count). The van der Waals surface area contributed by atoms with Gasteiger partial charge in [-0.3, -0.25) is 0 Å². The van der Waals surface area contributed by atoms with Crippen LogP contribution in [0.2, 0.25) is 0 Å². The van der Waals surface area contributed by atoms with E-state index in [-0.39, 0.29) is 17.4 Å². The first-order valence-electron chi connectivity index (χ1n) is 8.56. The monoisotopic (exact) mass is 399 g/mol. The Balaban J connectivity index is 2.18. The van der Waals surface area contributed by atoms with Gasteiger partial charge in [0.1, 0.15) is 5.75 Å². The molecule has 0 heterocycles. The zero-order chi connectivity index (χ0) is 20.9. The van der Waals surface area contributed by atoms with Crippen molar-refractivity contribution in [2.75, 3.05) is 33.7 Å². The standard InChI is InChI=1S/C20H24F3NO4/c1-12(7-13-8-17(25-2)19(27-4)18(9-13)26-3)14-5-6-16(15(24)10-14)28-11-20(21,22)23/h5-6,8-10,12H,7,11,24H2,1-4H3. The highest BCUT2D eigenvalue weighted by Gasteiger charge is 2.28. The summed E-state index contributed by atoms with van der Waals surface area (Å²) in [7, 11) is 4.63. The van der Waals surface area contributed by atoms with Gasteiger partial charge in [0.2, 0.25) is 5.75 Å². The van der Waals surface area contributed by atoms with Gasteiger partial charge in [0, 0.05) is 0 Å². The molecule has 28 heavy (non-hydrogen) atoms. The number of anilines is 1. The number of nitrogen functional groups attached to an aromatic ring is 1. The molecular formula is C20H24F3NO4. The average Bonchev–Trinajstić information content (AvgIpc) is 2.65. The normalized spacial score (nSPS) is 12.4. The van der Waals surface area contributed by atoms with Crippen LogP contribution in [0, 0.1) is 0 Å². The van der Waals surface area contributed by atoms with Gasteiger partial charge in [-0.2, -0.15) is 13.2 Å². The first kappa shape index (κ1) is 21.5. The second-order valence-corrected chi connectivity index (χ2v) is 6.34. The van der Waals surface area contributed by atoms with Gasteiger partial charge in [-0.1, -0.05) is 13.0 Å². The van der Waals surface area contributed by atoms with Crippen molar-refractivity contribution >= 4 is 5.69 Å². The predicted octanol–water partition coefficient (Wildman–Crippen LogP) is 4.58. The van der Waals surface area contributed by atoms with E-state index in [1.807, 2.05) is 19.1 Å². The van der Waals surface area contributed by atoms with Gasteiger partial charge in [0.05, 0.1) is 27.0 Å². The van der Waals surface area contributed by atoms with E-state index in [9.17, 15) is 13.2 Å². The molecule has 0 aliphatic heterocycles. The maximum Gasteiger partial charge on any atom is 0.422 e. The third-order valence-electron chi connectivity index (χ3n) is 4.26. The number of hydrogen-bond donors (Lipinski definition) is 1. The van der Waals surface area contributed by atoms with Crippen LogP contribution < -0.4 is 24.7 Å². The largest absolute Gasteiger partial charge is 0.493 e. The number of nitrogens with two attached hydrogens (primary N) is 1. The Morgan fingerprint density at radius 2 is 1.54 bits per heavy atom. The van der Waals surface area contributed by atoms with E-state index in [1.54, 1.807) is 26.4 Å². The molecule has 0 fully saturated rings. The molecule has 0 aliphatic rings. The van der Waals surface area contributed by atoms with E-state index in [0.717, 1.165) is 11.1 Å². The van der Waals surface area contributed by atoms with Crippen molar-refractivity contribution in [1.29, 1.82) is 0 Å². The van der Waals surface area contributed by atoms with Crippen molar-refractivity contribution in [3.63, 3.8) is 0 Å². The Morgan fingerprint density at radius 3 is 2.00 bits per heavy atom. The van der Waals surface area contributed by atoms with Crippen molar-refractivity contribution in [3.8, 4) is 23.0 Å². The predicted molar refractivity (Wildman–Crippen MR) is 101 cm³/mol. The number of rotatable bonds is 8. The molecule has 5 nitrogen and oxygen atoms in total. The van der Waals surface area contributed by atoms with E-state index in [2.05, 4.69) is 0 Å². The first-order chi connectivity index (χ1) is 13.2. The second-order valence-electron chi connectivity index (χ2n) is 6.34. The smallest absolute Gasteiger partial charge is 0.422 e. The molecule has 1 unspecified atom stereocenters. The molecule has 0 spiro atoms. The quantitative estimate of drug-likeness (QED) is 0.659. The van der Waals surface area contributed by atoms with E-state index >= 15 is 0 Å². The molecule has 8 heteroatoms. The van der Waals surface area contributed by atoms with Gasteiger partial charge in [0.25, 0.3) is 0 Å². The van der Waals surface area contributed by atoms with Crippen molar-refractivity contribution in [1.82, 2.24) is 0 Å². The van der Waals surface area contributed by atoms with Crippen LogP contribution in [0.25, 0.3) is 0 Å². The van der Waals surface area contributed by atoms with Crippen LogP contribution in [-0.4, -0.2) is 34.1 Å². The molecule has 0 bridgehead atoms. The molecule has 2 aromatic carbocycles. The average molecular weight is 399 g/mol. The van der Waals surface area contributed by atoms with Crippen molar-refractivity contribution in [3.05, 3.63) is 41.5 Å². The van der Waals surface area contributed by atoms with Crippen molar-refractivity contribution in [2.24, 2.45) is 0 Å². The third-order valence-corrected chi connectivity index (χ3v) is 4.26. The Hall–Kier alpha value is -2.77. The van der Waals surface area contributed by atoms with Crippen LogP contribution in [0.3, 0.4) is 0 Å². The van der Waals surface area contributed by atoms with E-state index < -0.39 is 12.8 Å². The van der Waals surface area contributed by atoms with E-state index in [0.29, 0.717) is 23.7 Å². The molecule has 0 aromatic heterocycles. The fraction of sp³-hybridized carbons (Fsp3) is 0.400. The van der Waals surface area contributed by atoms with Crippen LogP contribution in [0.15, 0.2) is 30.3 Å². The number of ether oxygens (including phenoxy) is 4. The number of benzene rings is 2. The van der Waals surface area contributed by atoms with Crippen molar-refractivity contribution < 1.29 is 32.1 Å². The van der Waals surface area contributed by atoms with Gasteiger partial charge in [-0.25, -0.2) is 0 Å². The van der Waals surface area contributed by atoms with Gasteiger partial charge in [0.15, 0.2) is 18.1 Å². The van der Waals surface area contributed by atoms with Crippen molar-refractivity contribution in [2.45, 2.75) is 25.4 Å². The maximum atomic E-state index is 12.3. The molecule has 1 atom stereocenters. The SMILES string of the molecule is COc1cc(CC(C)c2ccc(OCC(F)(F)F)c(N)c2)cc(OC)c1OC. The second kappa shape index (κ2) is 8.95. The van der Waals surface area contributed by atoms with Crippen LogP contribution in [-0.2, 0) is 6.42 Å². The summed E-state index contributed by atoms with van der Waals surface area (Å²) < 4.78 is 57.7. The molecule has 2 aromatic rings. The molecule has 2 N–H and O–H groups in total. The van der Waals surface area contributed by atoms with E-state index in [1.165, 1.54) is 13.2 Å². The minimum absolute atomic E-state index is 0.0149. The Labute approximate surface area is 162 Å². The topological polar surface area (TPSA) is 62.9 Å². The Bertz CT molecular complexity index is 784. The summed E-state index contributed by atoms with van der Waals surface area (Å²) in [6.07, 6.45) is -3.77. The lowest BCUT2D eigenvalue weighted by Crippen LogP contribution is -2.19. The Morgan fingerprint density at radius 1 is 0.929 bits per heavy atom. The first-order valence-corrected chi connectivity index (χ1v) is 8.56. The molecule has 0 saturated heterocycles. The summed E-state index contributed by atoms with van der Waals surface area (Å²) in [5.41, 5.74) is 7.86. The van der Waals surface area contributed by atoms with Crippen LogP contribution in [0.4, 0.5) is 18.9 Å². The lowest BCUT2D eigenvalue weighted by molar-refractivity contribution is -0.153. The Kier molecular flexibility index (Phi) is 6.88. The fourth-order valence-electron chi connectivity index (χ4n) is 2.89. The minimum atomic E-state index is -4.41. The lowest BCUT2D eigenvalue weighted by Gasteiger charge is -2.18. The molecule has 0 amide bonds. The minimum Gasteiger partial charge on any atom is -0.493 e. The molecule has 154 valence electrons. The number of halogens is 3. The maximum absolute atomic E-state index is 12.3. The highest BCUT2D eigenvalue weighted by atomic mass is 19.4. The molecule has 0 radical (unpaired) electrons. The lowest BCUT2D eigenvalue weighted by atomic mass is 9.93. The third kappa shape index (κ3) is 5.37. The number of hydrogen-bond acceptors (Lipinski definition) is 5.